The minimum atomic E-state index is -0.845. The molecule has 2 heterocycles. The number of aromatic nitrogens is 1. The lowest BCUT2D eigenvalue weighted by molar-refractivity contribution is 0.0695. The fourth-order valence-corrected chi connectivity index (χ4v) is 3.82. The minimum absolute atomic E-state index is 0.425. The number of carboxylic acid groups (broad SMARTS) is 1. The first kappa shape index (κ1) is 14.3. The molecule has 1 aliphatic heterocycles. The molecule has 0 amide bonds. The normalized spacial score (nSPS) is 16.8. The van der Waals surface area contributed by atoms with Crippen LogP contribution in [-0.4, -0.2) is 22.8 Å². The second kappa shape index (κ2) is 5.72. The van der Waals surface area contributed by atoms with Crippen LogP contribution < -0.4 is 4.90 Å². The first-order valence-corrected chi connectivity index (χ1v) is 8.30. The van der Waals surface area contributed by atoms with Gasteiger partial charge in [0.05, 0.1) is 12.1 Å². The van der Waals surface area contributed by atoms with Crippen molar-refractivity contribution in [2.24, 2.45) is 0 Å². The molecule has 1 aliphatic carbocycles. The lowest BCUT2D eigenvalue weighted by Gasteiger charge is -2.31. The van der Waals surface area contributed by atoms with E-state index in [0.29, 0.717) is 12.1 Å². The van der Waals surface area contributed by atoms with Crippen LogP contribution in [-0.2, 0) is 25.8 Å². The molecule has 2 aromatic rings. The molecular formula is C18H20N2O3. The first-order valence-electron chi connectivity index (χ1n) is 8.30. The van der Waals surface area contributed by atoms with Crippen LogP contribution >= 0.6 is 0 Å². The Morgan fingerprint density at radius 2 is 2.00 bits per heavy atom. The van der Waals surface area contributed by atoms with Gasteiger partial charge in [0.1, 0.15) is 11.5 Å². The van der Waals surface area contributed by atoms with E-state index < -0.39 is 5.97 Å². The molecule has 0 saturated heterocycles. The third kappa shape index (κ3) is 2.50. The molecule has 5 heteroatoms. The molecule has 0 fully saturated rings. The van der Waals surface area contributed by atoms with Crippen LogP contribution in [0.3, 0.4) is 0 Å². The Hall–Kier alpha value is -2.30. The molecule has 23 heavy (non-hydrogen) atoms. The lowest BCUT2D eigenvalue weighted by Crippen LogP contribution is -2.30. The number of nitrogens with zero attached hydrogens (tertiary/aromatic N) is 2. The molecule has 0 atom stereocenters. The number of carboxylic acids is 1. The van der Waals surface area contributed by atoms with Crippen molar-refractivity contribution in [3.8, 4) is 0 Å². The second-order valence-electron chi connectivity index (χ2n) is 6.37. The van der Waals surface area contributed by atoms with Crippen molar-refractivity contribution in [2.45, 2.75) is 45.1 Å². The zero-order valence-corrected chi connectivity index (χ0v) is 13.0. The number of fused-ring (bicyclic) bond motifs is 2. The standard InChI is InChI=1S/C18H20N2O3/c21-18(22)13-6-3-8-16-12(13)7-4-10-20(16)11-15-14-5-1-2-9-17(14)23-19-15/h3,6,8H,1-2,4-5,7,9-11H2,(H,21,22). The van der Waals surface area contributed by atoms with Crippen LogP contribution in [0.2, 0.25) is 0 Å². The topological polar surface area (TPSA) is 66.6 Å². The van der Waals surface area contributed by atoms with E-state index in [2.05, 4.69) is 10.1 Å². The number of benzene rings is 1. The van der Waals surface area contributed by atoms with Crippen LogP contribution in [0.15, 0.2) is 22.7 Å². The Bertz CT molecular complexity index is 751. The summed E-state index contributed by atoms with van der Waals surface area (Å²) < 4.78 is 5.51. The summed E-state index contributed by atoms with van der Waals surface area (Å²) in [5.41, 5.74) is 4.70. The van der Waals surface area contributed by atoms with Gasteiger partial charge in [-0.05, 0) is 49.8 Å². The highest BCUT2D eigenvalue weighted by atomic mass is 16.5. The molecule has 0 spiro atoms. The largest absolute Gasteiger partial charge is 0.478 e. The van der Waals surface area contributed by atoms with E-state index in [4.69, 9.17) is 4.52 Å². The number of anilines is 1. The van der Waals surface area contributed by atoms with Crippen LogP contribution in [0, 0.1) is 0 Å². The maximum Gasteiger partial charge on any atom is 0.336 e. The Labute approximate surface area is 134 Å². The second-order valence-corrected chi connectivity index (χ2v) is 6.37. The summed E-state index contributed by atoms with van der Waals surface area (Å²) in [6.07, 6.45) is 6.20. The van der Waals surface area contributed by atoms with Crippen molar-refractivity contribution in [3.05, 3.63) is 46.3 Å². The van der Waals surface area contributed by atoms with Crippen LogP contribution in [0.1, 0.15) is 52.2 Å². The Morgan fingerprint density at radius 1 is 1.17 bits per heavy atom. The zero-order valence-electron chi connectivity index (χ0n) is 13.0. The van der Waals surface area contributed by atoms with E-state index >= 15 is 0 Å². The van der Waals surface area contributed by atoms with Gasteiger partial charge in [-0.15, -0.1) is 0 Å². The van der Waals surface area contributed by atoms with E-state index in [9.17, 15) is 9.90 Å². The number of rotatable bonds is 3. The van der Waals surface area contributed by atoms with E-state index in [1.165, 1.54) is 18.4 Å². The van der Waals surface area contributed by atoms with Crippen LogP contribution in [0.25, 0.3) is 0 Å². The van der Waals surface area contributed by atoms with E-state index in [0.717, 1.165) is 54.9 Å². The van der Waals surface area contributed by atoms with Gasteiger partial charge in [0.25, 0.3) is 0 Å². The summed E-state index contributed by atoms with van der Waals surface area (Å²) in [7, 11) is 0. The maximum absolute atomic E-state index is 11.4. The molecule has 0 saturated carbocycles. The van der Waals surface area contributed by atoms with Crippen molar-refractivity contribution in [2.75, 3.05) is 11.4 Å². The SMILES string of the molecule is O=C(O)c1cccc2c1CCCN2Cc1noc2c1CCCC2. The summed E-state index contributed by atoms with van der Waals surface area (Å²) >= 11 is 0. The smallest absolute Gasteiger partial charge is 0.336 e. The number of hydrogen-bond donors (Lipinski definition) is 1. The van der Waals surface area contributed by atoms with Gasteiger partial charge in [0.2, 0.25) is 0 Å². The van der Waals surface area contributed by atoms with E-state index in [-0.39, 0.29) is 0 Å². The molecule has 1 N–H and O–H groups in total. The highest BCUT2D eigenvalue weighted by molar-refractivity contribution is 5.91. The quantitative estimate of drug-likeness (QED) is 0.942. The third-order valence-electron chi connectivity index (χ3n) is 4.95. The zero-order chi connectivity index (χ0) is 15.8. The number of hydrogen-bond acceptors (Lipinski definition) is 4. The van der Waals surface area contributed by atoms with Crippen molar-refractivity contribution >= 4 is 11.7 Å². The molecular weight excluding hydrogens is 292 g/mol. The maximum atomic E-state index is 11.4. The predicted octanol–water partition coefficient (Wildman–Crippen LogP) is 3.20. The van der Waals surface area contributed by atoms with E-state index in [1.807, 2.05) is 12.1 Å². The van der Waals surface area contributed by atoms with Gasteiger partial charge in [-0.1, -0.05) is 11.2 Å². The van der Waals surface area contributed by atoms with Gasteiger partial charge >= 0.3 is 5.97 Å². The highest BCUT2D eigenvalue weighted by Gasteiger charge is 2.25. The molecule has 4 rings (SSSR count). The van der Waals surface area contributed by atoms with Crippen molar-refractivity contribution in [1.82, 2.24) is 5.16 Å². The Morgan fingerprint density at radius 3 is 2.87 bits per heavy atom. The molecule has 120 valence electrons. The van der Waals surface area contributed by atoms with Crippen LogP contribution in [0.5, 0.6) is 0 Å². The van der Waals surface area contributed by atoms with Crippen LogP contribution in [0.4, 0.5) is 5.69 Å². The average molecular weight is 312 g/mol. The van der Waals surface area contributed by atoms with Gasteiger partial charge in [0, 0.05) is 24.2 Å². The molecule has 1 aromatic carbocycles. The fraction of sp³-hybridized carbons (Fsp3) is 0.444. The number of aryl methyl sites for hydroxylation is 1. The predicted molar refractivity (Wildman–Crippen MR) is 85.9 cm³/mol. The van der Waals surface area contributed by atoms with Crippen molar-refractivity contribution in [1.29, 1.82) is 0 Å². The molecule has 2 aliphatic rings. The van der Waals surface area contributed by atoms with Gasteiger partial charge in [-0.2, -0.15) is 0 Å². The van der Waals surface area contributed by atoms with Gasteiger partial charge < -0.3 is 14.5 Å². The summed E-state index contributed by atoms with van der Waals surface area (Å²) in [4.78, 5) is 13.7. The monoisotopic (exact) mass is 312 g/mol. The summed E-state index contributed by atoms with van der Waals surface area (Å²) in [5, 5.41) is 13.7. The minimum Gasteiger partial charge on any atom is -0.478 e. The number of carbonyl (C=O) groups is 1. The first-order chi connectivity index (χ1) is 11.2. The molecule has 5 nitrogen and oxygen atoms in total. The van der Waals surface area contributed by atoms with E-state index in [1.54, 1.807) is 6.07 Å². The summed E-state index contributed by atoms with van der Waals surface area (Å²) in [5.74, 6) is 0.199. The molecule has 0 bridgehead atoms. The lowest BCUT2D eigenvalue weighted by atomic mass is 9.94. The fourth-order valence-electron chi connectivity index (χ4n) is 3.82. The van der Waals surface area contributed by atoms with Gasteiger partial charge in [-0.3, -0.25) is 0 Å². The molecule has 0 radical (unpaired) electrons. The Balaban J connectivity index is 1.66. The summed E-state index contributed by atoms with van der Waals surface area (Å²) in [6.45, 7) is 1.63. The Kier molecular flexibility index (Phi) is 3.56. The molecule has 1 aromatic heterocycles. The molecule has 0 unspecified atom stereocenters. The average Bonchev–Trinajstić information content (AvgIpc) is 2.98. The number of aromatic carboxylic acids is 1. The van der Waals surface area contributed by atoms with Gasteiger partial charge in [0.15, 0.2) is 0 Å². The third-order valence-corrected chi connectivity index (χ3v) is 4.95. The van der Waals surface area contributed by atoms with Crippen molar-refractivity contribution < 1.29 is 14.4 Å². The van der Waals surface area contributed by atoms with Crippen molar-refractivity contribution in [3.63, 3.8) is 0 Å². The summed E-state index contributed by atoms with van der Waals surface area (Å²) in [6, 6.07) is 5.55. The van der Waals surface area contributed by atoms with Gasteiger partial charge in [-0.25, -0.2) is 4.79 Å². The highest BCUT2D eigenvalue weighted by Crippen LogP contribution is 2.32.